The average molecular weight is 335 g/mol. The molecule has 1 aromatic heterocycles. The van der Waals surface area contributed by atoms with E-state index in [4.69, 9.17) is 10.9 Å². The lowest BCUT2D eigenvalue weighted by atomic mass is 10.1. The van der Waals surface area contributed by atoms with Crippen molar-refractivity contribution in [1.82, 2.24) is 4.98 Å². The number of rotatable bonds is 4. The van der Waals surface area contributed by atoms with Crippen molar-refractivity contribution in [3.63, 3.8) is 0 Å². The number of nitrogens with two attached hydrogens (primary N) is 1. The van der Waals surface area contributed by atoms with Gasteiger partial charge in [-0.25, -0.2) is 0 Å². The summed E-state index contributed by atoms with van der Waals surface area (Å²) < 4.78 is 1.04. The molecule has 1 heterocycles. The maximum absolute atomic E-state index is 8.77. The summed E-state index contributed by atoms with van der Waals surface area (Å²) in [5.74, 6) is 0.00919. The van der Waals surface area contributed by atoms with E-state index in [1.165, 1.54) is 0 Å². The first-order valence-electron chi connectivity index (χ1n) is 6.03. The second-order valence-electron chi connectivity index (χ2n) is 4.31. The predicted molar refractivity (Wildman–Crippen MR) is 83.0 cm³/mol. The maximum atomic E-state index is 8.77. The molecule has 1 aromatic carbocycles. The van der Waals surface area contributed by atoms with Crippen LogP contribution in [0.15, 0.2) is 46.2 Å². The standard InChI is InChI=1S/C14H15BrN4O/c1-9-7-11(15)4-5-12(9)18-8-10-3-2-6-17-13(10)14(16)19-20/h2-7,18,20H,8H2,1H3,(H2,16,19). The van der Waals surface area contributed by atoms with Gasteiger partial charge in [-0.05, 0) is 36.8 Å². The van der Waals surface area contributed by atoms with Gasteiger partial charge in [0.15, 0.2) is 5.84 Å². The fourth-order valence-corrected chi connectivity index (χ4v) is 2.35. The van der Waals surface area contributed by atoms with Gasteiger partial charge in [-0.3, -0.25) is 4.98 Å². The molecule has 2 rings (SSSR count). The van der Waals surface area contributed by atoms with E-state index in [-0.39, 0.29) is 5.84 Å². The van der Waals surface area contributed by atoms with Gasteiger partial charge in [0.2, 0.25) is 0 Å². The van der Waals surface area contributed by atoms with Crippen LogP contribution in [0, 0.1) is 6.92 Å². The Morgan fingerprint density at radius 3 is 2.95 bits per heavy atom. The van der Waals surface area contributed by atoms with Crippen LogP contribution in [0.2, 0.25) is 0 Å². The number of hydrogen-bond donors (Lipinski definition) is 3. The number of pyridine rings is 1. The van der Waals surface area contributed by atoms with E-state index in [1.807, 2.05) is 37.3 Å². The molecule has 5 nitrogen and oxygen atoms in total. The molecule has 0 radical (unpaired) electrons. The Hall–Kier alpha value is -2.08. The van der Waals surface area contributed by atoms with Crippen LogP contribution in [0.3, 0.4) is 0 Å². The number of aryl methyl sites for hydroxylation is 1. The van der Waals surface area contributed by atoms with Crippen LogP contribution in [0.4, 0.5) is 5.69 Å². The number of aromatic nitrogens is 1. The van der Waals surface area contributed by atoms with Crippen molar-refractivity contribution in [1.29, 1.82) is 0 Å². The van der Waals surface area contributed by atoms with Crippen LogP contribution in [0.1, 0.15) is 16.8 Å². The largest absolute Gasteiger partial charge is 0.409 e. The van der Waals surface area contributed by atoms with Crippen molar-refractivity contribution in [3.8, 4) is 0 Å². The van der Waals surface area contributed by atoms with Crippen molar-refractivity contribution in [2.24, 2.45) is 10.9 Å². The van der Waals surface area contributed by atoms with E-state index in [2.05, 4.69) is 31.4 Å². The number of hydrogen-bond acceptors (Lipinski definition) is 4. The summed E-state index contributed by atoms with van der Waals surface area (Å²) in [6, 6.07) is 9.72. The van der Waals surface area contributed by atoms with Crippen molar-refractivity contribution in [3.05, 3.63) is 57.8 Å². The summed E-state index contributed by atoms with van der Waals surface area (Å²) in [6.45, 7) is 2.57. The number of halogens is 1. The number of nitrogens with zero attached hydrogens (tertiary/aromatic N) is 2. The van der Waals surface area contributed by atoms with E-state index in [9.17, 15) is 0 Å². The average Bonchev–Trinajstić information content (AvgIpc) is 2.46. The molecule has 0 aliphatic rings. The summed E-state index contributed by atoms with van der Waals surface area (Å²) in [7, 11) is 0. The minimum atomic E-state index is 0.00919. The van der Waals surface area contributed by atoms with E-state index in [0.29, 0.717) is 12.2 Å². The van der Waals surface area contributed by atoms with Crippen molar-refractivity contribution >= 4 is 27.5 Å². The Morgan fingerprint density at radius 1 is 1.45 bits per heavy atom. The molecular weight excluding hydrogens is 320 g/mol. The van der Waals surface area contributed by atoms with Gasteiger partial charge in [0, 0.05) is 28.5 Å². The highest BCUT2D eigenvalue weighted by atomic mass is 79.9. The van der Waals surface area contributed by atoms with Gasteiger partial charge in [0.05, 0.1) is 0 Å². The maximum Gasteiger partial charge on any atom is 0.189 e. The molecule has 0 fully saturated rings. The summed E-state index contributed by atoms with van der Waals surface area (Å²) in [5.41, 5.74) is 9.13. The number of benzene rings is 1. The number of nitrogens with one attached hydrogen (secondary N) is 1. The molecule has 4 N–H and O–H groups in total. The lowest BCUT2D eigenvalue weighted by Gasteiger charge is -2.12. The molecule has 6 heteroatoms. The summed E-state index contributed by atoms with van der Waals surface area (Å²) in [5, 5.41) is 15.1. The molecule has 0 saturated carbocycles. The monoisotopic (exact) mass is 334 g/mol. The quantitative estimate of drug-likeness (QED) is 0.347. The Bertz CT molecular complexity index is 643. The molecule has 104 valence electrons. The molecule has 0 aliphatic carbocycles. The minimum Gasteiger partial charge on any atom is -0.409 e. The third-order valence-corrected chi connectivity index (χ3v) is 3.39. The lowest BCUT2D eigenvalue weighted by Crippen LogP contribution is -2.18. The second kappa shape index (κ2) is 6.38. The zero-order chi connectivity index (χ0) is 14.5. The number of amidine groups is 1. The van der Waals surface area contributed by atoms with Gasteiger partial charge in [0.1, 0.15) is 5.69 Å². The van der Waals surface area contributed by atoms with Crippen molar-refractivity contribution < 1.29 is 5.21 Å². The highest BCUT2D eigenvalue weighted by Gasteiger charge is 2.08. The Kier molecular flexibility index (Phi) is 4.57. The van der Waals surface area contributed by atoms with Crippen LogP contribution in [-0.4, -0.2) is 16.0 Å². The second-order valence-corrected chi connectivity index (χ2v) is 5.22. The van der Waals surface area contributed by atoms with Crippen LogP contribution in [-0.2, 0) is 6.54 Å². The Morgan fingerprint density at radius 2 is 2.25 bits per heavy atom. The first-order valence-corrected chi connectivity index (χ1v) is 6.83. The highest BCUT2D eigenvalue weighted by Crippen LogP contribution is 2.21. The normalized spacial score (nSPS) is 11.4. The van der Waals surface area contributed by atoms with Gasteiger partial charge < -0.3 is 16.3 Å². The lowest BCUT2D eigenvalue weighted by molar-refractivity contribution is 0.318. The molecule has 20 heavy (non-hydrogen) atoms. The molecule has 0 atom stereocenters. The topological polar surface area (TPSA) is 83.5 Å². The molecule has 0 bridgehead atoms. The number of oxime groups is 1. The summed E-state index contributed by atoms with van der Waals surface area (Å²) in [6.07, 6.45) is 1.61. The molecule has 0 unspecified atom stereocenters. The summed E-state index contributed by atoms with van der Waals surface area (Å²) >= 11 is 3.43. The molecule has 2 aromatic rings. The van der Waals surface area contributed by atoms with Gasteiger partial charge in [-0.2, -0.15) is 0 Å². The smallest absolute Gasteiger partial charge is 0.189 e. The van der Waals surface area contributed by atoms with Crippen molar-refractivity contribution in [2.45, 2.75) is 13.5 Å². The fourth-order valence-electron chi connectivity index (χ4n) is 1.88. The molecule has 0 saturated heterocycles. The SMILES string of the molecule is Cc1cc(Br)ccc1NCc1cccnc1C(N)=NO. The van der Waals surface area contributed by atoms with Crippen LogP contribution < -0.4 is 11.1 Å². The molecule has 0 spiro atoms. The first-order chi connectivity index (χ1) is 9.61. The zero-order valence-electron chi connectivity index (χ0n) is 11.0. The van der Waals surface area contributed by atoms with Crippen LogP contribution in [0.25, 0.3) is 0 Å². The van der Waals surface area contributed by atoms with E-state index >= 15 is 0 Å². The van der Waals surface area contributed by atoms with Gasteiger partial charge in [-0.15, -0.1) is 0 Å². The third-order valence-electron chi connectivity index (χ3n) is 2.90. The first kappa shape index (κ1) is 14.3. The molecule has 0 amide bonds. The van der Waals surface area contributed by atoms with E-state index in [1.54, 1.807) is 6.20 Å². The van der Waals surface area contributed by atoms with Crippen LogP contribution in [0.5, 0.6) is 0 Å². The fraction of sp³-hybridized carbons (Fsp3) is 0.143. The Labute approximate surface area is 125 Å². The minimum absolute atomic E-state index is 0.00919. The molecule has 0 aliphatic heterocycles. The zero-order valence-corrected chi connectivity index (χ0v) is 12.6. The highest BCUT2D eigenvalue weighted by molar-refractivity contribution is 9.10. The van der Waals surface area contributed by atoms with Gasteiger partial charge >= 0.3 is 0 Å². The van der Waals surface area contributed by atoms with Gasteiger partial charge in [0.25, 0.3) is 0 Å². The van der Waals surface area contributed by atoms with Gasteiger partial charge in [-0.1, -0.05) is 27.2 Å². The summed E-state index contributed by atoms with van der Waals surface area (Å²) in [4.78, 5) is 4.13. The van der Waals surface area contributed by atoms with E-state index in [0.717, 1.165) is 21.3 Å². The third kappa shape index (κ3) is 3.27. The Balaban J connectivity index is 2.19. The predicted octanol–water partition coefficient (Wildman–Crippen LogP) is 2.86. The van der Waals surface area contributed by atoms with Crippen molar-refractivity contribution in [2.75, 3.05) is 5.32 Å². The number of anilines is 1. The van der Waals surface area contributed by atoms with E-state index < -0.39 is 0 Å². The molecular formula is C14H15BrN4O. The van der Waals surface area contributed by atoms with Crippen LogP contribution >= 0.6 is 15.9 Å².